The zero-order valence-corrected chi connectivity index (χ0v) is 14.6. The predicted octanol–water partition coefficient (Wildman–Crippen LogP) is 3.50. The Labute approximate surface area is 143 Å². The molecule has 1 fully saturated rings. The number of nitrogens with one attached hydrogen (secondary N) is 1. The lowest BCUT2D eigenvalue weighted by Gasteiger charge is -2.00. The Hall–Kier alpha value is -2.41. The number of rotatable bonds is 4. The van der Waals surface area contributed by atoms with E-state index in [9.17, 15) is 4.79 Å². The van der Waals surface area contributed by atoms with Crippen molar-refractivity contribution >= 4 is 22.4 Å². The molecule has 7 heteroatoms. The molecule has 0 saturated heterocycles. The maximum Gasteiger partial charge on any atom is 0.229 e. The van der Waals surface area contributed by atoms with Crippen LogP contribution in [0.15, 0.2) is 28.3 Å². The summed E-state index contributed by atoms with van der Waals surface area (Å²) >= 11 is 1.44. The van der Waals surface area contributed by atoms with Crippen LogP contribution in [0.25, 0.3) is 11.3 Å². The Morgan fingerprint density at radius 3 is 2.96 bits per heavy atom. The minimum atomic E-state index is 0.0134. The first-order valence-electron chi connectivity index (χ1n) is 7.83. The summed E-state index contributed by atoms with van der Waals surface area (Å²) in [4.78, 5) is 16.9. The van der Waals surface area contributed by atoms with Crippen LogP contribution in [0.5, 0.6) is 0 Å². The van der Waals surface area contributed by atoms with E-state index in [0.717, 1.165) is 34.8 Å². The number of thiazole rings is 1. The summed E-state index contributed by atoms with van der Waals surface area (Å²) in [6, 6.07) is 1.97. The van der Waals surface area contributed by atoms with Gasteiger partial charge in [-0.1, -0.05) is 0 Å². The van der Waals surface area contributed by atoms with Gasteiger partial charge in [0.2, 0.25) is 5.91 Å². The van der Waals surface area contributed by atoms with Gasteiger partial charge in [-0.15, -0.1) is 11.3 Å². The van der Waals surface area contributed by atoms with E-state index >= 15 is 0 Å². The zero-order valence-electron chi connectivity index (χ0n) is 13.7. The van der Waals surface area contributed by atoms with Crippen LogP contribution in [-0.4, -0.2) is 20.7 Å². The van der Waals surface area contributed by atoms with Crippen molar-refractivity contribution in [3.8, 4) is 11.3 Å². The maximum atomic E-state index is 12.4. The molecule has 6 nitrogen and oxygen atoms in total. The second kappa shape index (κ2) is 5.59. The van der Waals surface area contributed by atoms with E-state index in [2.05, 4.69) is 15.4 Å². The zero-order chi connectivity index (χ0) is 16.8. The van der Waals surface area contributed by atoms with Gasteiger partial charge in [0.25, 0.3) is 0 Å². The number of carbonyl (C=O) groups excluding carboxylic acids is 1. The molecule has 24 heavy (non-hydrogen) atoms. The van der Waals surface area contributed by atoms with Crippen molar-refractivity contribution in [3.63, 3.8) is 0 Å². The molecule has 1 amide bonds. The lowest BCUT2D eigenvalue weighted by Crippen LogP contribution is -2.14. The van der Waals surface area contributed by atoms with Crippen molar-refractivity contribution in [2.75, 3.05) is 5.32 Å². The highest BCUT2D eigenvalue weighted by atomic mass is 32.1. The van der Waals surface area contributed by atoms with Gasteiger partial charge in [-0.3, -0.25) is 9.48 Å². The molecule has 0 aromatic carbocycles. The monoisotopic (exact) mass is 342 g/mol. The van der Waals surface area contributed by atoms with Crippen molar-refractivity contribution in [2.45, 2.75) is 26.2 Å². The van der Waals surface area contributed by atoms with E-state index in [-0.39, 0.29) is 17.7 Å². The third-order valence-corrected chi connectivity index (χ3v) is 5.09. The molecule has 1 aliphatic carbocycles. The smallest absolute Gasteiger partial charge is 0.229 e. The number of carbonyl (C=O) groups is 1. The first kappa shape index (κ1) is 15.1. The number of nitrogens with zero attached hydrogens (tertiary/aromatic N) is 3. The Balaban J connectivity index is 1.43. The summed E-state index contributed by atoms with van der Waals surface area (Å²) in [6.07, 6.45) is 4.68. The Morgan fingerprint density at radius 1 is 1.46 bits per heavy atom. The van der Waals surface area contributed by atoms with E-state index in [1.165, 1.54) is 11.3 Å². The fourth-order valence-electron chi connectivity index (χ4n) is 3.02. The summed E-state index contributed by atoms with van der Waals surface area (Å²) in [6.45, 7) is 3.83. The van der Waals surface area contributed by atoms with Gasteiger partial charge in [-0.25, -0.2) is 4.98 Å². The van der Waals surface area contributed by atoms with Gasteiger partial charge in [-0.05, 0) is 37.8 Å². The van der Waals surface area contributed by atoms with Crippen LogP contribution in [0.2, 0.25) is 0 Å². The molecule has 124 valence electrons. The van der Waals surface area contributed by atoms with Crippen LogP contribution in [0.1, 0.15) is 29.4 Å². The van der Waals surface area contributed by atoms with Gasteiger partial charge in [0.05, 0.1) is 11.9 Å². The van der Waals surface area contributed by atoms with E-state index in [1.807, 2.05) is 44.7 Å². The average Bonchev–Trinajstić information content (AvgIpc) is 2.82. The summed E-state index contributed by atoms with van der Waals surface area (Å²) in [7, 11) is 1.89. The van der Waals surface area contributed by atoms with E-state index in [4.69, 9.17) is 4.42 Å². The van der Waals surface area contributed by atoms with Gasteiger partial charge < -0.3 is 9.73 Å². The van der Waals surface area contributed by atoms with Gasteiger partial charge >= 0.3 is 0 Å². The molecule has 0 bridgehead atoms. The third-order valence-electron chi connectivity index (χ3n) is 4.33. The number of furan rings is 1. The number of hydrogen-bond acceptors (Lipinski definition) is 5. The highest BCUT2D eigenvalue weighted by molar-refractivity contribution is 7.14. The van der Waals surface area contributed by atoms with Gasteiger partial charge in [0.1, 0.15) is 11.5 Å². The van der Waals surface area contributed by atoms with Crippen LogP contribution >= 0.6 is 11.3 Å². The molecule has 0 aliphatic heterocycles. The average molecular weight is 342 g/mol. The van der Waals surface area contributed by atoms with Gasteiger partial charge in [0.15, 0.2) is 5.13 Å². The summed E-state index contributed by atoms with van der Waals surface area (Å²) < 4.78 is 7.31. The molecule has 1 aliphatic rings. The normalized spacial score (nSPS) is 19.5. The summed E-state index contributed by atoms with van der Waals surface area (Å²) in [5.74, 6) is 2.02. The summed E-state index contributed by atoms with van der Waals surface area (Å²) in [5, 5.41) is 9.68. The SMILES string of the molecule is Cc1cc(-c2csc(NC(=O)[C@@H]3C[C@H]3c3cnn(C)c3)n2)c(C)o1. The fraction of sp³-hybridized carbons (Fsp3) is 0.353. The number of aryl methyl sites for hydroxylation is 3. The predicted molar refractivity (Wildman–Crippen MR) is 92.0 cm³/mol. The second-order valence-electron chi connectivity index (χ2n) is 6.25. The molecule has 1 saturated carbocycles. The Kier molecular flexibility index (Phi) is 3.53. The standard InChI is InChI=1S/C17H18N4O2S/c1-9-4-12(10(2)23-9)15-8-24-17(19-15)20-16(22)14-5-13(14)11-6-18-21(3)7-11/h4,6-8,13-14H,5H2,1-3H3,(H,19,20,22)/t13-,14+/m0/s1. The molecule has 3 aromatic rings. The topological polar surface area (TPSA) is 73.0 Å². The molecule has 4 rings (SSSR count). The van der Waals surface area contributed by atoms with E-state index in [1.54, 1.807) is 4.68 Å². The highest BCUT2D eigenvalue weighted by Gasteiger charge is 2.44. The highest BCUT2D eigenvalue weighted by Crippen LogP contribution is 2.48. The largest absolute Gasteiger partial charge is 0.466 e. The molecule has 2 atom stereocenters. The van der Waals surface area contributed by atoms with Crippen molar-refractivity contribution in [3.05, 3.63) is 40.9 Å². The molecule has 1 N–H and O–H groups in total. The molecule has 0 radical (unpaired) electrons. The number of amides is 1. The number of anilines is 1. The number of hydrogen-bond donors (Lipinski definition) is 1. The molecular weight excluding hydrogens is 324 g/mol. The third kappa shape index (κ3) is 2.75. The molecule has 3 aromatic heterocycles. The minimum Gasteiger partial charge on any atom is -0.466 e. The molecule has 0 spiro atoms. The van der Waals surface area contributed by atoms with Crippen LogP contribution in [0, 0.1) is 19.8 Å². The van der Waals surface area contributed by atoms with Crippen LogP contribution in [0.4, 0.5) is 5.13 Å². The molecule has 3 heterocycles. The lowest BCUT2D eigenvalue weighted by molar-refractivity contribution is -0.117. The minimum absolute atomic E-state index is 0.0134. The van der Waals surface area contributed by atoms with Crippen LogP contribution < -0.4 is 5.32 Å². The van der Waals surface area contributed by atoms with E-state index < -0.39 is 0 Å². The lowest BCUT2D eigenvalue weighted by atomic mass is 10.2. The van der Waals surface area contributed by atoms with Crippen molar-refractivity contribution in [2.24, 2.45) is 13.0 Å². The van der Waals surface area contributed by atoms with Gasteiger partial charge in [0, 0.05) is 30.1 Å². The number of aromatic nitrogens is 3. The first-order chi connectivity index (χ1) is 11.5. The van der Waals surface area contributed by atoms with Crippen molar-refractivity contribution in [1.29, 1.82) is 0 Å². The Bertz CT molecular complexity index is 907. The van der Waals surface area contributed by atoms with Crippen molar-refractivity contribution < 1.29 is 9.21 Å². The maximum absolute atomic E-state index is 12.4. The van der Waals surface area contributed by atoms with Gasteiger partial charge in [-0.2, -0.15) is 5.10 Å². The molecular formula is C17H18N4O2S. The molecule has 0 unspecified atom stereocenters. The van der Waals surface area contributed by atoms with Crippen LogP contribution in [-0.2, 0) is 11.8 Å². The van der Waals surface area contributed by atoms with Crippen molar-refractivity contribution in [1.82, 2.24) is 14.8 Å². The second-order valence-corrected chi connectivity index (χ2v) is 7.11. The Morgan fingerprint density at radius 2 is 2.29 bits per heavy atom. The fourth-order valence-corrected chi connectivity index (χ4v) is 3.74. The quantitative estimate of drug-likeness (QED) is 0.787. The van der Waals surface area contributed by atoms with E-state index in [0.29, 0.717) is 5.13 Å². The first-order valence-corrected chi connectivity index (χ1v) is 8.71. The van der Waals surface area contributed by atoms with Crippen LogP contribution in [0.3, 0.4) is 0 Å². The summed E-state index contributed by atoms with van der Waals surface area (Å²) in [5.41, 5.74) is 2.94.